The largest absolute Gasteiger partial charge is 0.507 e. The Kier molecular flexibility index (Phi) is 8.69. The summed E-state index contributed by atoms with van der Waals surface area (Å²) >= 11 is 0. The van der Waals surface area contributed by atoms with Crippen LogP contribution in [0.5, 0.6) is 17.2 Å². The Labute approximate surface area is 223 Å². The first-order chi connectivity index (χ1) is 18.5. The van der Waals surface area contributed by atoms with E-state index in [4.69, 9.17) is 14.2 Å². The summed E-state index contributed by atoms with van der Waals surface area (Å²) in [5, 5.41) is 11.4. The molecule has 0 aromatic heterocycles. The van der Waals surface area contributed by atoms with Gasteiger partial charge in [-0.25, -0.2) is 0 Å². The molecule has 1 aliphatic heterocycles. The molecule has 1 N–H and O–H groups in total. The average Bonchev–Trinajstić information content (AvgIpc) is 3.20. The van der Waals surface area contributed by atoms with Crippen LogP contribution in [0.1, 0.15) is 43.0 Å². The minimum atomic E-state index is -0.792. The van der Waals surface area contributed by atoms with Crippen molar-refractivity contribution in [2.45, 2.75) is 32.7 Å². The molecule has 0 bridgehead atoms. The van der Waals surface area contributed by atoms with Crippen LogP contribution in [0.3, 0.4) is 0 Å². The van der Waals surface area contributed by atoms with E-state index in [-0.39, 0.29) is 11.3 Å². The van der Waals surface area contributed by atoms with Crippen molar-refractivity contribution >= 4 is 17.4 Å². The molecular formula is C31H33NO6. The van der Waals surface area contributed by atoms with E-state index in [1.54, 1.807) is 42.5 Å². The van der Waals surface area contributed by atoms with Gasteiger partial charge in [-0.3, -0.25) is 9.59 Å². The zero-order chi connectivity index (χ0) is 27.1. The van der Waals surface area contributed by atoms with Gasteiger partial charge in [0.25, 0.3) is 11.7 Å². The highest BCUT2D eigenvalue weighted by Gasteiger charge is 2.46. The summed E-state index contributed by atoms with van der Waals surface area (Å²) < 4.78 is 16.8. The zero-order valence-electron chi connectivity index (χ0n) is 22.0. The number of benzene rings is 3. The van der Waals surface area contributed by atoms with E-state index in [0.29, 0.717) is 54.6 Å². The summed E-state index contributed by atoms with van der Waals surface area (Å²) in [6.45, 7) is 5.24. The normalized spacial score (nSPS) is 16.5. The summed E-state index contributed by atoms with van der Waals surface area (Å²) in [5.74, 6) is 0.103. The Hall–Kier alpha value is -4.26. The summed E-state index contributed by atoms with van der Waals surface area (Å²) in [4.78, 5) is 28.2. The number of amides is 1. The highest BCUT2D eigenvalue weighted by Crippen LogP contribution is 2.42. The summed E-state index contributed by atoms with van der Waals surface area (Å²) in [6, 6.07) is 21.1. The summed E-state index contributed by atoms with van der Waals surface area (Å²) in [7, 11) is 1.54. The van der Waals surface area contributed by atoms with E-state index in [1.165, 1.54) is 12.0 Å². The Bertz CT molecular complexity index is 1300. The first kappa shape index (κ1) is 26.8. The predicted octanol–water partition coefficient (Wildman–Crippen LogP) is 5.55. The molecule has 0 radical (unpaired) electrons. The quantitative estimate of drug-likeness (QED) is 0.205. The van der Waals surface area contributed by atoms with Crippen LogP contribution in [0.25, 0.3) is 5.76 Å². The molecule has 3 aromatic carbocycles. The maximum absolute atomic E-state index is 13.4. The van der Waals surface area contributed by atoms with Gasteiger partial charge in [-0.2, -0.15) is 0 Å². The second kappa shape index (κ2) is 12.3. The molecule has 3 aromatic rings. The second-order valence-corrected chi connectivity index (χ2v) is 8.94. The van der Waals surface area contributed by atoms with Gasteiger partial charge in [0.1, 0.15) is 11.5 Å². The molecule has 0 saturated carbocycles. The number of Topliss-reactive ketones (excluding diaryl/α,β-unsaturated/α-hetero) is 1. The topological polar surface area (TPSA) is 85.3 Å². The third-order valence-electron chi connectivity index (χ3n) is 6.43. The third kappa shape index (κ3) is 5.67. The Balaban J connectivity index is 1.77. The highest BCUT2D eigenvalue weighted by molar-refractivity contribution is 6.46. The van der Waals surface area contributed by atoms with Crippen molar-refractivity contribution < 1.29 is 28.9 Å². The van der Waals surface area contributed by atoms with Gasteiger partial charge in [-0.05, 0) is 67.3 Å². The zero-order valence-corrected chi connectivity index (χ0v) is 22.0. The number of rotatable bonds is 11. The molecule has 1 saturated heterocycles. The first-order valence-electron chi connectivity index (χ1n) is 12.8. The maximum atomic E-state index is 13.4. The Morgan fingerprint density at radius 2 is 1.66 bits per heavy atom. The molecular weight excluding hydrogens is 482 g/mol. The number of hydrogen-bond donors (Lipinski definition) is 1. The van der Waals surface area contributed by atoms with Crippen LogP contribution in [0.2, 0.25) is 0 Å². The van der Waals surface area contributed by atoms with Crippen LogP contribution in [0.4, 0.5) is 0 Å². The first-order valence-corrected chi connectivity index (χ1v) is 12.8. The number of likely N-dealkylation sites (tertiary alicyclic amines) is 1. The minimum Gasteiger partial charge on any atom is -0.507 e. The monoisotopic (exact) mass is 515 g/mol. The number of aliphatic hydroxyl groups excluding tert-OH is 1. The number of hydrogen-bond acceptors (Lipinski definition) is 6. The molecule has 7 heteroatoms. The summed E-state index contributed by atoms with van der Waals surface area (Å²) in [5.41, 5.74) is 2.15. The van der Waals surface area contributed by atoms with Gasteiger partial charge >= 0.3 is 0 Å². The standard InChI is InChI=1S/C31H33NO6/c1-4-19-38-24-14-11-22(12-15-24)29(33)27-28(23-13-16-25(37-5-2)26(20-23)36-3)32(31(35)30(27)34)18-17-21-9-7-6-8-10-21/h6-16,20,28,33H,4-5,17-19H2,1-3H3/b29-27+. The van der Waals surface area contributed by atoms with Gasteiger partial charge in [-0.15, -0.1) is 0 Å². The van der Waals surface area contributed by atoms with E-state index in [9.17, 15) is 14.7 Å². The number of aliphatic hydroxyl groups is 1. The number of methoxy groups -OCH3 is 1. The Morgan fingerprint density at radius 3 is 2.32 bits per heavy atom. The van der Waals surface area contributed by atoms with Crippen molar-refractivity contribution in [3.8, 4) is 17.2 Å². The molecule has 1 aliphatic rings. The van der Waals surface area contributed by atoms with E-state index < -0.39 is 17.7 Å². The van der Waals surface area contributed by atoms with Crippen molar-refractivity contribution in [2.75, 3.05) is 26.9 Å². The fraction of sp³-hybridized carbons (Fsp3) is 0.290. The lowest BCUT2D eigenvalue weighted by atomic mass is 9.94. The molecule has 1 amide bonds. The van der Waals surface area contributed by atoms with Gasteiger partial charge in [0.05, 0.1) is 31.9 Å². The molecule has 1 heterocycles. The number of ether oxygens (including phenoxy) is 3. The minimum absolute atomic E-state index is 0.0384. The van der Waals surface area contributed by atoms with E-state index in [2.05, 4.69) is 0 Å². The predicted molar refractivity (Wildman–Crippen MR) is 146 cm³/mol. The van der Waals surface area contributed by atoms with Crippen LogP contribution in [0.15, 0.2) is 78.4 Å². The number of carbonyl (C=O) groups excluding carboxylic acids is 2. The lowest BCUT2D eigenvalue weighted by Gasteiger charge is -2.26. The second-order valence-electron chi connectivity index (χ2n) is 8.94. The molecule has 4 rings (SSSR count). The van der Waals surface area contributed by atoms with Crippen LogP contribution < -0.4 is 14.2 Å². The van der Waals surface area contributed by atoms with Crippen LogP contribution in [-0.2, 0) is 16.0 Å². The lowest BCUT2D eigenvalue weighted by molar-refractivity contribution is -0.139. The summed E-state index contributed by atoms with van der Waals surface area (Å²) in [6.07, 6.45) is 1.43. The molecule has 1 unspecified atom stereocenters. The van der Waals surface area contributed by atoms with E-state index in [1.807, 2.05) is 44.2 Å². The smallest absolute Gasteiger partial charge is 0.295 e. The molecule has 1 fully saturated rings. The number of nitrogens with zero attached hydrogens (tertiary/aromatic N) is 1. The van der Waals surface area contributed by atoms with Gasteiger partial charge in [0, 0.05) is 12.1 Å². The van der Waals surface area contributed by atoms with Gasteiger partial charge in [-0.1, -0.05) is 43.3 Å². The van der Waals surface area contributed by atoms with E-state index >= 15 is 0 Å². The third-order valence-corrected chi connectivity index (χ3v) is 6.43. The molecule has 1 atom stereocenters. The molecule has 0 aliphatic carbocycles. The van der Waals surface area contributed by atoms with Crippen molar-refractivity contribution in [2.24, 2.45) is 0 Å². The number of ketones is 1. The number of carbonyl (C=O) groups is 2. The molecule has 198 valence electrons. The van der Waals surface area contributed by atoms with Crippen LogP contribution in [0, 0.1) is 0 Å². The van der Waals surface area contributed by atoms with Crippen LogP contribution >= 0.6 is 0 Å². The van der Waals surface area contributed by atoms with Crippen molar-refractivity contribution in [3.05, 3.63) is 95.1 Å². The fourth-order valence-corrected chi connectivity index (χ4v) is 4.56. The van der Waals surface area contributed by atoms with Gasteiger partial charge in [0.2, 0.25) is 0 Å². The van der Waals surface area contributed by atoms with Crippen LogP contribution in [-0.4, -0.2) is 48.6 Å². The van der Waals surface area contributed by atoms with Crippen molar-refractivity contribution in [3.63, 3.8) is 0 Å². The van der Waals surface area contributed by atoms with Gasteiger partial charge < -0.3 is 24.2 Å². The fourth-order valence-electron chi connectivity index (χ4n) is 4.56. The lowest BCUT2D eigenvalue weighted by Crippen LogP contribution is -2.31. The SMILES string of the molecule is CCCOc1ccc(/C(O)=C2\C(=O)C(=O)N(CCc3ccccc3)C2c2ccc(OCC)c(OC)c2)cc1. The molecule has 0 spiro atoms. The van der Waals surface area contributed by atoms with Crippen molar-refractivity contribution in [1.82, 2.24) is 4.90 Å². The maximum Gasteiger partial charge on any atom is 0.295 e. The van der Waals surface area contributed by atoms with Crippen molar-refractivity contribution in [1.29, 1.82) is 0 Å². The molecule has 38 heavy (non-hydrogen) atoms. The average molecular weight is 516 g/mol. The highest BCUT2D eigenvalue weighted by atomic mass is 16.5. The van der Waals surface area contributed by atoms with Gasteiger partial charge in [0.15, 0.2) is 11.5 Å². The van der Waals surface area contributed by atoms with E-state index in [0.717, 1.165) is 12.0 Å². The molecule has 7 nitrogen and oxygen atoms in total. The Morgan fingerprint density at radius 1 is 0.921 bits per heavy atom.